The van der Waals surface area contributed by atoms with E-state index in [0.29, 0.717) is 0 Å². The van der Waals surface area contributed by atoms with Gasteiger partial charge in [0.2, 0.25) is 0 Å². The van der Waals surface area contributed by atoms with Crippen LogP contribution in [-0.4, -0.2) is 14.8 Å². The van der Waals surface area contributed by atoms with Gasteiger partial charge in [0.15, 0.2) is 0 Å². The van der Waals surface area contributed by atoms with Gasteiger partial charge in [-0.1, -0.05) is 15.9 Å². The summed E-state index contributed by atoms with van der Waals surface area (Å²) in [6, 6.07) is 5.83. The summed E-state index contributed by atoms with van der Waals surface area (Å²) >= 11 is 5.79. The molecule has 0 bridgehead atoms. The number of hydrogen-bond acceptors (Lipinski definition) is 3. The van der Waals surface area contributed by atoms with E-state index in [4.69, 9.17) is 5.73 Å². The van der Waals surface area contributed by atoms with Gasteiger partial charge in [-0.3, -0.25) is 0 Å². The molecule has 2 aromatic rings. The van der Waals surface area contributed by atoms with E-state index in [2.05, 4.69) is 54.7 Å². The Balaban J connectivity index is 2.43. The predicted octanol–water partition coefficient (Wildman–Crippen LogP) is 2.71. The van der Waals surface area contributed by atoms with E-state index in [1.54, 1.807) is 6.33 Å². The molecule has 1 atom stereocenters. The van der Waals surface area contributed by atoms with Crippen molar-refractivity contribution in [2.24, 2.45) is 5.73 Å². The lowest BCUT2D eigenvalue weighted by Crippen LogP contribution is -2.19. The zero-order chi connectivity index (χ0) is 12.4. The first-order chi connectivity index (χ1) is 8.13. The quantitative estimate of drug-likeness (QED) is 0.797. The highest BCUT2D eigenvalue weighted by Gasteiger charge is 2.17. The minimum Gasteiger partial charge on any atom is -0.318 e. The highest BCUT2D eigenvalue weighted by Crippen LogP contribution is 2.27. The fourth-order valence-electron chi connectivity index (χ4n) is 1.65. The number of hydrogen-bond donors (Lipinski definition) is 1. The van der Waals surface area contributed by atoms with Crippen molar-refractivity contribution in [1.82, 2.24) is 14.8 Å². The molecule has 0 aliphatic heterocycles. The van der Waals surface area contributed by atoms with Crippen LogP contribution >= 0.6 is 38.5 Å². The molecule has 0 radical (unpaired) electrons. The van der Waals surface area contributed by atoms with Gasteiger partial charge in [0, 0.05) is 14.6 Å². The Morgan fingerprint density at radius 1 is 1.53 bits per heavy atom. The summed E-state index contributed by atoms with van der Waals surface area (Å²) in [5.74, 6) is 0.787. The van der Waals surface area contributed by atoms with Gasteiger partial charge < -0.3 is 5.73 Å². The molecule has 0 aliphatic rings. The third kappa shape index (κ3) is 2.69. The Kier molecular flexibility index (Phi) is 4.16. The van der Waals surface area contributed by atoms with Crippen molar-refractivity contribution in [3.63, 3.8) is 0 Å². The van der Waals surface area contributed by atoms with Crippen molar-refractivity contribution in [2.45, 2.75) is 19.5 Å². The molecule has 0 spiro atoms. The molecule has 2 rings (SSSR count). The van der Waals surface area contributed by atoms with E-state index in [9.17, 15) is 0 Å². The van der Waals surface area contributed by atoms with E-state index in [-0.39, 0.29) is 6.04 Å². The van der Waals surface area contributed by atoms with Crippen LogP contribution in [0.15, 0.2) is 29.0 Å². The Morgan fingerprint density at radius 2 is 2.29 bits per heavy atom. The second-order valence-corrected chi connectivity index (χ2v) is 5.68. The second kappa shape index (κ2) is 5.45. The van der Waals surface area contributed by atoms with Crippen LogP contribution in [0, 0.1) is 3.57 Å². The molecule has 17 heavy (non-hydrogen) atoms. The maximum Gasteiger partial charge on any atom is 0.148 e. The van der Waals surface area contributed by atoms with E-state index < -0.39 is 0 Å². The summed E-state index contributed by atoms with van der Waals surface area (Å²) in [7, 11) is 0. The molecule has 1 unspecified atom stereocenters. The molecule has 0 saturated heterocycles. The van der Waals surface area contributed by atoms with E-state index in [0.717, 1.165) is 26.0 Å². The van der Waals surface area contributed by atoms with E-state index in [1.807, 2.05) is 23.7 Å². The largest absolute Gasteiger partial charge is 0.318 e. The van der Waals surface area contributed by atoms with Crippen LogP contribution in [0.2, 0.25) is 0 Å². The van der Waals surface area contributed by atoms with Crippen molar-refractivity contribution in [3.8, 4) is 0 Å². The normalized spacial score (nSPS) is 12.7. The van der Waals surface area contributed by atoms with Crippen molar-refractivity contribution in [1.29, 1.82) is 0 Å². The first kappa shape index (κ1) is 13.0. The van der Waals surface area contributed by atoms with Crippen molar-refractivity contribution < 1.29 is 0 Å². The van der Waals surface area contributed by atoms with Crippen LogP contribution in [0.4, 0.5) is 0 Å². The summed E-state index contributed by atoms with van der Waals surface area (Å²) in [5.41, 5.74) is 7.28. The minimum atomic E-state index is -0.262. The summed E-state index contributed by atoms with van der Waals surface area (Å²) < 4.78 is 3.96. The Bertz CT molecular complexity index is 526. The molecule has 1 heterocycles. The molecular formula is C11H12BrIN4. The molecule has 4 nitrogen and oxygen atoms in total. The number of rotatable bonds is 3. The first-order valence-corrected chi connectivity index (χ1v) is 7.09. The fourth-order valence-corrected chi connectivity index (χ4v) is 2.66. The molecule has 90 valence electrons. The highest BCUT2D eigenvalue weighted by molar-refractivity contribution is 14.1. The average molecular weight is 407 g/mol. The molecule has 0 aliphatic carbocycles. The molecule has 1 aromatic carbocycles. The topological polar surface area (TPSA) is 56.7 Å². The number of benzene rings is 1. The summed E-state index contributed by atoms with van der Waals surface area (Å²) in [6.45, 7) is 2.79. The molecular weight excluding hydrogens is 395 g/mol. The number of aromatic nitrogens is 3. The minimum absolute atomic E-state index is 0.262. The highest BCUT2D eigenvalue weighted by atomic mass is 127. The lowest BCUT2D eigenvalue weighted by atomic mass is 10.1. The fraction of sp³-hybridized carbons (Fsp3) is 0.273. The van der Waals surface area contributed by atoms with Crippen LogP contribution < -0.4 is 5.73 Å². The zero-order valence-electron chi connectivity index (χ0n) is 9.27. The summed E-state index contributed by atoms with van der Waals surface area (Å²) in [5, 5.41) is 4.14. The molecule has 2 N–H and O–H groups in total. The number of nitrogens with two attached hydrogens (primary N) is 1. The van der Waals surface area contributed by atoms with Gasteiger partial charge >= 0.3 is 0 Å². The average Bonchev–Trinajstić information content (AvgIpc) is 2.79. The molecule has 0 fully saturated rings. The van der Waals surface area contributed by atoms with Crippen molar-refractivity contribution in [2.75, 3.05) is 0 Å². The van der Waals surface area contributed by atoms with Gasteiger partial charge in [-0.25, -0.2) is 9.67 Å². The van der Waals surface area contributed by atoms with Gasteiger partial charge in [-0.15, -0.1) is 0 Å². The standard InChI is InChI=1S/C11H12BrIN4/c1-2-17-11(15-6-16-17)10(14)8-5-7(13)3-4-9(8)12/h3-6,10H,2,14H2,1H3. The van der Waals surface area contributed by atoms with Gasteiger partial charge in [0.25, 0.3) is 0 Å². The van der Waals surface area contributed by atoms with Crippen molar-refractivity contribution in [3.05, 3.63) is 44.0 Å². The maximum atomic E-state index is 6.25. The Labute approximate surface area is 122 Å². The molecule has 1 aromatic heterocycles. The van der Waals surface area contributed by atoms with Crippen LogP contribution in [0.3, 0.4) is 0 Å². The number of nitrogens with zero attached hydrogens (tertiary/aromatic N) is 3. The van der Waals surface area contributed by atoms with Crippen LogP contribution in [0.1, 0.15) is 24.4 Å². The molecule has 0 saturated carbocycles. The van der Waals surface area contributed by atoms with Crippen molar-refractivity contribution >= 4 is 38.5 Å². The summed E-state index contributed by atoms with van der Waals surface area (Å²) in [6.07, 6.45) is 1.54. The first-order valence-electron chi connectivity index (χ1n) is 5.21. The van der Waals surface area contributed by atoms with E-state index in [1.165, 1.54) is 0 Å². The lowest BCUT2D eigenvalue weighted by Gasteiger charge is -2.14. The number of aryl methyl sites for hydroxylation is 1. The van der Waals surface area contributed by atoms with Gasteiger partial charge in [0.1, 0.15) is 12.2 Å². The predicted molar refractivity (Wildman–Crippen MR) is 78.6 cm³/mol. The lowest BCUT2D eigenvalue weighted by molar-refractivity contribution is 0.591. The van der Waals surface area contributed by atoms with Gasteiger partial charge in [-0.2, -0.15) is 5.10 Å². The SMILES string of the molecule is CCn1ncnc1C(N)c1cc(I)ccc1Br. The third-order valence-corrected chi connectivity index (χ3v) is 3.91. The monoisotopic (exact) mass is 406 g/mol. The van der Waals surface area contributed by atoms with Crippen LogP contribution in [0.5, 0.6) is 0 Å². The number of halogens is 2. The van der Waals surface area contributed by atoms with Gasteiger partial charge in [-0.05, 0) is 53.3 Å². The van der Waals surface area contributed by atoms with E-state index >= 15 is 0 Å². The second-order valence-electron chi connectivity index (χ2n) is 3.58. The maximum absolute atomic E-state index is 6.25. The Morgan fingerprint density at radius 3 is 3.00 bits per heavy atom. The Hall–Kier alpha value is -0.470. The molecule has 6 heteroatoms. The third-order valence-electron chi connectivity index (χ3n) is 2.52. The van der Waals surface area contributed by atoms with Gasteiger partial charge in [0.05, 0.1) is 6.04 Å². The zero-order valence-corrected chi connectivity index (χ0v) is 13.0. The van der Waals surface area contributed by atoms with Crippen LogP contribution in [-0.2, 0) is 6.54 Å². The van der Waals surface area contributed by atoms with Crippen LogP contribution in [0.25, 0.3) is 0 Å². The molecule has 0 amide bonds. The smallest absolute Gasteiger partial charge is 0.148 e. The summed E-state index contributed by atoms with van der Waals surface area (Å²) in [4.78, 5) is 4.24.